The molecule has 0 aromatic heterocycles. The van der Waals surface area contributed by atoms with Gasteiger partial charge in [0.05, 0.1) is 23.4 Å². The minimum absolute atomic E-state index is 0.0509. The molecule has 0 radical (unpaired) electrons. The van der Waals surface area contributed by atoms with Crippen LogP contribution in [0.2, 0.25) is 0 Å². The van der Waals surface area contributed by atoms with E-state index < -0.39 is 58.3 Å². The largest absolute Gasteiger partial charge is 0.408 e. The third kappa shape index (κ3) is 6.55. The van der Waals surface area contributed by atoms with Crippen LogP contribution in [0.25, 0.3) is 11.1 Å². The van der Waals surface area contributed by atoms with Gasteiger partial charge in [0, 0.05) is 6.26 Å². The fraction of sp³-hybridized carbons (Fsp3) is 0.400. The predicted octanol–water partition coefficient (Wildman–Crippen LogP) is 2.98. The number of hydrogen-bond donors (Lipinski definition) is 2. The lowest BCUT2D eigenvalue weighted by Gasteiger charge is -2.41. The van der Waals surface area contributed by atoms with Crippen LogP contribution < -0.4 is 11.1 Å². The second-order valence-corrected chi connectivity index (χ2v) is 11.5. The summed E-state index contributed by atoms with van der Waals surface area (Å²) >= 11 is 0. The van der Waals surface area contributed by atoms with Crippen molar-refractivity contribution in [3.05, 3.63) is 54.1 Å². The molecule has 1 heterocycles. The predicted molar refractivity (Wildman–Crippen MR) is 130 cm³/mol. The molecule has 1 aliphatic heterocycles. The number of carbonyl (C=O) groups is 3. The van der Waals surface area contributed by atoms with Gasteiger partial charge in [-0.05, 0) is 41.2 Å². The number of benzene rings is 2. The fourth-order valence-electron chi connectivity index (χ4n) is 4.47. The van der Waals surface area contributed by atoms with Crippen LogP contribution in [0, 0.1) is 5.92 Å². The molecule has 1 fully saturated rings. The molecule has 0 aliphatic carbocycles. The molecule has 0 saturated carbocycles. The van der Waals surface area contributed by atoms with E-state index in [2.05, 4.69) is 0 Å². The number of nitrogens with two attached hydrogens (primary N) is 1. The third-order valence-electron chi connectivity index (χ3n) is 6.14. The van der Waals surface area contributed by atoms with Crippen molar-refractivity contribution in [2.45, 2.75) is 55.9 Å². The first-order valence-corrected chi connectivity index (χ1v) is 13.4. The summed E-state index contributed by atoms with van der Waals surface area (Å²) in [6.07, 6.45) is -4.44. The Hall–Kier alpha value is -3.25. The second-order valence-electron chi connectivity index (χ2n) is 9.49. The van der Waals surface area contributed by atoms with Gasteiger partial charge in [0.2, 0.25) is 17.7 Å². The highest BCUT2D eigenvalue weighted by molar-refractivity contribution is 7.90. The monoisotopic (exact) mass is 539 g/mol. The van der Waals surface area contributed by atoms with E-state index in [9.17, 15) is 36.0 Å². The standard InChI is InChI=1S/C25H28F3N3O5S/c1-14(2)12-19(23(29)33)31(20-13-21(32)30-24(20)34)22(25(26,27)28)17-6-4-15(5-7-17)16-8-10-18(11-9-16)37(3,35)36/h4-11,14,19-20,22H,12-13H2,1-3H3,(H2,29,33)(H,30,32,34)/t19-,20-,22-/m0/s1. The Kier molecular flexibility index (Phi) is 8.13. The molecule has 37 heavy (non-hydrogen) atoms. The Morgan fingerprint density at radius 3 is 1.95 bits per heavy atom. The van der Waals surface area contributed by atoms with E-state index in [1.807, 2.05) is 5.32 Å². The highest BCUT2D eigenvalue weighted by atomic mass is 32.2. The Morgan fingerprint density at radius 1 is 1.05 bits per heavy atom. The number of hydrogen-bond acceptors (Lipinski definition) is 6. The Balaban J connectivity index is 2.08. The van der Waals surface area contributed by atoms with Crippen molar-refractivity contribution < 1.29 is 36.0 Å². The summed E-state index contributed by atoms with van der Waals surface area (Å²) in [5, 5.41) is 2.02. The minimum atomic E-state index is -4.92. The number of nitrogens with one attached hydrogen (secondary N) is 1. The van der Waals surface area contributed by atoms with Crippen LogP contribution in [0.3, 0.4) is 0 Å². The first-order chi connectivity index (χ1) is 17.1. The van der Waals surface area contributed by atoms with E-state index >= 15 is 0 Å². The van der Waals surface area contributed by atoms with Crippen molar-refractivity contribution in [3.8, 4) is 11.1 Å². The van der Waals surface area contributed by atoms with E-state index in [-0.39, 0.29) is 22.8 Å². The van der Waals surface area contributed by atoms with Gasteiger partial charge in [0.15, 0.2) is 9.84 Å². The van der Waals surface area contributed by atoms with Crippen molar-refractivity contribution in [2.24, 2.45) is 11.7 Å². The smallest absolute Gasteiger partial charge is 0.368 e. The second kappa shape index (κ2) is 10.6. The normalized spacial score (nSPS) is 18.2. The number of rotatable bonds is 9. The summed E-state index contributed by atoms with van der Waals surface area (Å²) in [6.45, 7) is 3.42. The molecule has 8 nitrogen and oxygen atoms in total. The van der Waals surface area contributed by atoms with E-state index in [1.165, 1.54) is 36.4 Å². The Bertz CT molecular complexity index is 1280. The van der Waals surface area contributed by atoms with Crippen molar-refractivity contribution in [2.75, 3.05) is 6.26 Å². The van der Waals surface area contributed by atoms with Crippen molar-refractivity contribution in [1.29, 1.82) is 0 Å². The minimum Gasteiger partial charge on any atom is -0.368 e. The molecule has 3 rings (SSSR count). The zero-order valence-electron chi connectivity index (χ0n) is 20.5. The molecule has 3 amide bonds. The average Bonchev–Trinajstić information content (AvgIpc) is 3.12. The molecule has 0 spiro atoms. The molecule has 2 aromatic rings. The Labute approximate surface area is 212 Å². The van der Waals surface area contributed by atoms with E-state index in [0.717, 1.165) is 11.2 Å². The van der Waals surface area contributed by atoms with Gasteiger partial charge in [0.25, 0.3) is 0 Å². The summed E-state index contributed by atoms with van der Waals surface area (Å²) in [5.41, 5.74) is 6.39. The van der Waals surface area contributed by atoms with Crippen LogP contribution in [0.1, 0.15) is 38.3 Å². The van der Waals surface area contributed by atoms with Gasteiger partial charge in [-0.15, -0.1) is 0 Å². The maximum atomic E-state index is 14.6. The molecule has 3 atom stereocenters. The molecular weight excluding hydrogens is 511 g/mol. The number of imide groups is 1. The van der Waals surface area contributed by atoms with E-state index in [1.54, 1.807) is 26.0 Å². The maximum absolute atomic E-state index is 14.6. The van der Waals surface area contributed by atoms with Crippen molar-refractivity contribution in [1.82, 2.24) is 10.2 Å². The molecule has 0 unspecified atom stereocenters. The zero-order chi connectivity index (χ0) is 27.7. The molecule has 0 bridgehead atoms. The van der Waals surface area contributed by atoms with Gasteiger partial charge in [-0.2, -0.15) is 13.2 Å². The first kappa shape index (κ1) is 28.3. The zero-order valence-corrected chi connectivity index (χ0v) is 21.3. The molecule has 200 valence electrons. The summed E-state index contributed by atoms with van der Waals surface area (Å²) in [4.78, 5) is 37.6. The summed E-state index contributed by atoms with van der Waals surface area (Å²) < 4.78 is 67.2. The number of carbonyl (C=O) groups excluding carboxylic acids is 3. The maximum Gasteiger partial charge on any atom is 0.408 e. The Morgan fingerprint density at radius 2 is 1.57 bits per heavy atom. The number of nitrogens with zero attached hydrogens (tertiary/aromatic N) is 1. The lowest BCUT2D eigenvalue weighted by Crippen LogP contribution is -2.57. The molecule has 1 saturated heterocycles. The van der Waals surface area contributed by atoms with Gasteiger partial charge in [-0.25, -0.2) is 8.42 Å². The SMILES string of the molecule is CC(C)C[C@@H](C(N)=O)N([C@@H](c1ccc(-c2ccc(S(C)(=O)=O)cc2)cc1)C(F)(F)F)[C@H]1CC(=O)NC1=O. The van der Waals surface area contributed by atoms with Crippen molar-refractivity contribution >= 4 is 27.6 Å². The van der Waals surface area contributed by atoms with Crippen LogP contribution in [-0.4, -0.2) is 55.6 Å². The van der Waals surface area contributed by atoms with Gasteiger partial charge < -0.3 is 5.73 Å². The van der Waals surface area contributed by atoms with Gasteiger partial charge in [-0.1, -0.05) is 50.2 Å². The average molecular weight is 540 g/mol. The summed E-state index contributed by atoms with van der Waals surface area (Å²) in [5.74, 6) is -2.91. The van der Waals surface area contributed by atoms with E-state index in [0.29, 0.717) is 11.1 Å². The number of sulfone groups is 1. The summed E-state index contributed by atoms with van der Waals surface area (Å²) in [7, 11) is -3.41. The lowest BCUT2D eigenvalue weighted by atomic mass is 9.93. The number of alkyl halides is 3. The first-order valence-electron chi connectivity index (χ1n) is 11.5. The molecule has 12 heteroatoms. The van der Waals surface area contributed by atoms with Crippen LogP contribution in [0.15, 0.2) is 53.4 Å². The van der Waals surface area contributed by atoms with Gasteiger partial charge >= 0.3 is 6.18 Å². The molecule has 3 N–H and O–H groups in total. The van der Waals surface area contributed by atoms with Gasteiger partial charge in [0.1, 0.15) is 6.04 Å². The fourth-order valence-corrected chi connectivity index (χ4v) is 5.10. The highest BCUT2D eigenvalue weighted by Gasteiger charge is 2.53. The highest BCUT2D eigenvalue weighted by Crippen LogP contribution is 2.42. The van der Waals surface area contributed by atoms with Crippen LogP contribution in [0.4, 0.5) is 13.2 Å². The quantitative estimate of drug-likeness (QED) is 0.472. The molecular formula is C25H28F3N3O5S. The molecule has 2 aromatic carbocycles. The van der Waals surface area contributed by atoms with Crippen LogP contribution >= 0.6 is 0 Å². The third-order valence-corrected chi connectivity index (χ3v) is 7.27. The summed E-state index contributed by atoms with van der Waals surface area (Å²) in [6, 6.07) is 5.82. The van der Waals surface area contributed by atoms with E-state index in [4.69, 9.17) is 5.73 Å². The van der Waals surface area contributed by atoms with Crippen LogP contribution in [0.5, 0.6) is 0 Å². The number of primary amides is 1. The number of halogens is 3. The van der Waals surface area contributed by atoms with Crippen molar-refractivity contribution in [3.63, 3.8) is 0 Å². The lowest BCUT2D eigenvalue weighted by molar-refractivity contribution is -0.200. The topological polar surface area (TPSA) is 127 Å². The number of amides is 3. The van der Waals surface area contributed by atoms with Gasteiger partial charge in [-0.3, -0.25) is 24.6 Å². The van der Waals surface area contributed by atoms with Crippen LogP contribution in [-0.2, 0) is 24.2 Å². The molecule has 1 aliphatic rings.